The van der Waals surface area contributed by atoms with Crippen molar-refractivity contribution in [2.24, 2.45) is 0 Å². The summed E-state index contributed by atoms with van der Waals surface area (Å²) in [6.45, 7) is 4.02. The van der Waals surface area contributed by atoms with Gasteiger partial charge in [0.25, 0.3) is 0 Å². The van der Waals surface area contributed by atoms with E-state index in [1.807, 2.05) is 48.4 Å². The predicted octanol–water partition coefficient (Wildman–Crippen LogP) is 4.56. The fourth-order valence-electron chi connectivity index (χ4n) is 3.04. The second-order valence-corrected chi connectivity index (χ2v) is 5.93. The second kappa shape index (κ2) is 6.75. The van der Waals surface area contributed by atoms with Gasteiger partial charge >= 0.3 is 5.97 Å². The zero-order chi connectivity index (χ0) is 17.1. The first-order valence-corrected chi connectivity index (χ1v) is 8.00. The van der Waals surface area contributed by atoms with Crippen molar-refractivity contribution in [1.82, 2.24) is 0 Å². The lowest BCUT2D eigenvalue weighted by molar-refractivity contribution is -0.136. The summed E-state index contributed by atoms with van der Waals surface area (Å²) in [5.74, 6) is -0.386. The first-order chi connectivity index (χ1) is 11.6. The van der Waals surface area contributed by atoms with Gasteiger partial charge in [0.1, 0.15) is 0 Å². The van der Waals surface area contributed by atoms with Crippen molar-refractivity contribution in [3.63, 3.8) is 0 Å². The minimum absolute atomic E-state index is 0.0969. The Morgan fingerprint density at radius 3 is 2.29 bits per heavy atom. The predicted molar refractivity (Wildman–Crippen MR) is 96.7 cm³/mol. The highest BCUT2D eigenvalue weighted by Gasteiger charge is 2.29. The summed E-state index contributed by atoms with van der Waals surface area (Å²) < 4.78 is 5.06. The fraction of sp³-hybridized carbons (Fsp3) is 0.190. The standard InChI is InChI=1S/C21H21NO2/c1-15-9-11-18(12-10-15)22-14-13-19(17-7-5-4-6-8-17)20(16(22)2)21(23)24-3/h4-14,19H,1-3H3. The molecule has 2 aromatic rings. The number of aryl methyl sites for hydroxylation is 1. The van der Waals surface area contributed by atoms with Crippen LogP contribution in [0, 0.1) is 6.92 Å². The number of rotatable bonds is 3. The van der Waals surface area contributed by atoms with Crippen LogP contribution in [0.2, 0.25) is 0 Å². The summed E-state index contributed by atoms with van der Waals surface area (Å²) in [5.41, 5.74) is 4.88. The first-order valence-electron chi connectivity index (χ1n) is 8.00. The third-order valence-corrected chi connectivity index (χ3v) is 4.37. The van der Waals surface area contributed by atoms with E-state index in [0.717, 1.165) is 16.9 Å². The van der Waals surface area contributed by atoms with Gasteiger partial charge in [0, 0.05) is 23.5 Å². The molecule has 1 unspecified atom stereocenters. The molecule has 2 aromatic carbocycles. The summed E-state index contributed by atoms with van der Waals surface area (Å²) in [6, 6.07) is 18.3. The van der Waals surface area contributed by atoms with Crippen LogP contribution in [0.15, 0.2) is 78.1 Å². The molecule has 1 atom stereocenters. The first kappa shape index (κ1) is 16.1. The molecule has 0 fully saturated rings. The van der Waals surface area contributed by atoms with Gasteiger partial charge < -0.3 is 9.64 Å². The summed E-state index contributed by atoms with van der Waals surface area (Å²) >= 11 is 0. The lowest BCUT2D eigenvalue weighted by atomic mass is 9.87. The number of allylic oxidation sites excluding steroid dienone is 2. The molecular formula is C21H21NO2. The molecule has 0 N–H and O–H groups in total. The molecule has 24 heavy (non-hydrogen) atoms. The Morgan fingerprint density at radius 2 is 1.67 bits per heavy atom. The monoisotopic (exact) mass is 319 g/mol. The highest BCUT2D eigenvalue weighted by molar-refractivity contribution is 5.93. The number of ether oxygens (including phenoxy) is 1. The molecule has 0 spiro atoms. The van der Waals surface area contributed by atoms with E-state index in [-0.39, 0.29) is 11.9 Å². The fourth-order valence-corrected chi connectivity index (χ4v) is 3.04. The minimum Gasteiger partial charge on any atom is -0.466 e. The Bertz CT molecular complexity index is 788. The molecule has 122 valence electrons. The summed E-state index contributed by atoms with van der Waals surface area (Å²) in [4.78, 5) is 14.5. The minimum atomic E-state index is -0.289. The van der Waals surface area contributed by atoms with Crippen LogP contribution in [0.5, 0.6) is 0 Å². The van der Waals surface area contributed by atoms with Crippen LogP contribution in [0.25, 0.3) is 0 Å². The van der Waals surface area contributed by atoms with Crippen molar-refractivity contribution in [1.29, 1.82) is 0 Å². The summed E-state index contributed by atoms with van der Waals surface area (Å²) in [7, 11) is 1.43. The van der Waals surface area contributed by atoms with Gasteiger partial charge in [-0.1, -0.05) is 54.1 Å². The number of carbonyl (C=O) groups excluding carboxylic acids is 1. The quantitative estimate of drug-likeness (QED) is 0.777. The second-order valence-electron chi connectivity index (χ2n) is 5.93. The number of hydrogen-bond donors (Lipinski definition) is 0. The van der Waals surface area contributed by atoms with Crippen molar-refractivity contribution >= 4 is 11.7 Å². The topological polar surface area (TPSA) is 29.5 Å². The zero-order valence-electron chi connectivity index (χ0n) is 14.2. The van der Waals surface area contributed by atoms with Crippen molar-refractivity contribution < 1.29 is 9.53 Å². The maximum atomic E-state index is 12.5. The van der Waals surface area contributed by atoms with Gasteiger partial charge in [0.2, 0.25) is 0 Å². The normalized spacial score (nSPS) is 17.1. The van der Waals surface area contributed by atoms with Gasteiger partial charge in [-0.05, 0) is 31.5 Å². The van der Waals surface area contributed by atoms with E-state index >= 15 is 0 Å². The molecule has 3 nitrogen and oxygen atoms in total. The number of benzene rings is 2. The molecule has 3 heteroatoms. The van der Waals surface area contributed by atoms with Crippen LogP contribution in [-0.4, -0.2) is 13.1 Å². The number of nitrogens with zero attached hydrogens (tertiary/aromatic N) is 1. The third kappa shape index (κ3) is 2.98. The largest absolute Gasteiger partial charge is 0.466 e. The van der Waals surface area contributed by atoms with E-state index < -0.39 is 0 Å². The molecule has 1 heterocycles. The Morgan fingerprint density at radius 1 is 1.00 bits per heavy atom. The van der Waals surface area contributed by atoms with Crippen LogP contribution in [0.1, 0.15) is 24.0 Å². The SMILES string of the molecule is COC(=O)C1=C(C)N(c2ccc(C)cc2)C=CC1c1ccccc1. The number of hydrogen-bond acceptors (Lipinski definition) is 3. The van der Waals surface area contributed by atoms with Crippen LogP contribution < -0.4 is 4.90 Å². The van der Waals surface area contributed by atoms with Crippen LogP contribution >= 0.6 is 0 Å². The lowest BCUT2D eigenvalue weighted by Crippen LogP contribution is -2.26. The Kier molecular flexibility index (Phi) is 4.52. The number of anilines is 1. The van der Waals surface area contributed by atoms with E-state index in [1.165, 1.54) is 12.7 Å². The molecular weight excluding hydrogens is 298 g/mol. The maximum Gasteiger partial charge on any atom is 0.336 e. The highest BCUT2D eigenvalue weighted by atomic mass is 16.5. The average molecular weight is 319 g/mol. The van der Waals surface area contributed by atoms with Crippen LogP contribution in [0.4, 0.5) is 5.69 Å². The van der Waals surface area contributed by atoms with Gasteiger partial charge in [0.15, 0.2) is 0 Å². The molecule has 3 rings (SSSR count). The third-order valence-electron chi connectivity index (χ3n) is 4.37. The van der Waals surface area contributed by atoms with Gasteiger partial charge in [-0.3, -0.25) is 0 Å². The van der Waals surface area contributed by atoms with Crippen LogP contribution in [0.3, 0.4) is 0 Å². The smallest absolute Gasteiger partial charge is 0.336 e. The molecule has 0 saturated heterocycles. The Hall–Kier alpha value is -2.81. The van der Waals surface area contributed by atoms with Crippen molar-refractivity contribution in [2.75, 3.05) is 12.0 Å². The van der Waals surface area contributed by atoms with Gasteiger partial charge in [0.05, 0.1) is 12.7 Å². The van der Waals surface area contributed by atoms with E-state index in [4.69, 9.17) is 4.74 Å². The number of methoxy groups -OCH3 is 1. The van der Waals surface area contributed by atoms with E-state index in [2.05, 4.69) is 37.3 Å². The van der Waals surface area contributed by atoms with E-state index in [0.29, 0.717) is 5.57 Å². The Labute approximate surface area is 142 Å². The van der Waals surface area contributed by atoms with E-state index in [9.17, 15) is 4.79 Å². The maximum absolute atomic E-state index is 12.5. The van der Waals surface area contributed by atoms with Gasteiger partial charge in [-0.2, -0.15) is 0 Å². The molecule has 0 bridgehead atoms. The molecule has 0 saturated carbocycles. The number of esters is 1. The Balaban J connectivity index is 2.06. The summed E-state index contributed by atoms with van der Waals surface area (Å²) in [5, 5.41) is 0. The lowest BCUT2D eigenvalue weighted by Gasteiger charge is -2.31. The average Bonchev–Trinajstić information content (AvgIpc) is 2.62. The van der Waals surface area contributed by atoms with Crippen molar-refractivity contribution in [3.05, 3.63) is 89.3 Å². The zero-order valence-corrected chi connectivity index (χ0v) is 14.2. The van der Waals surface area contributed by atoms with Gasteiger partial charge in [-0.15, -0.1) is 0 Å². The highest BCUT2D eigenvalue weighted by Crippen LogP contribution is 2.36. The molecule has 0 aliphatic carbocycles. The van der Waals surface area contributed by atoms with Crippen molar-refractivity contribution in [2.45, 2.75) is 19.8 Å². The molecule has 0 amide bonds. The van der Waals surface area contributed by atoms with Crippen LogP contribution in [-0.2, 0) is 9.53 Å². The number of carbonyl (C=O) groups is 1. The molecule has 0 aromatic heterocycles. The molecule has 1 aliphatic rings. The molecule has 1 aliphatic heterocycles. The summed E-state index contributed by atoms with van der Waals surface area (Å²) in [6.07, 6.45) is 4.08. The van der Waals surface area contributed by atoms with Crippen molar-refractivity contribution in [3.8, 4) is 0 Å². The van der Waals surface area contributed by atoms with Gasteiger partial charge in [-0.25, -0.2) is 4.79 Å². The van der Waals surface area contributed by atoms with E-state index in [1.54, 1.807) is 0 Å². The molecule has 0 radical (unpaired) electrons.